The van der Waals surface area contributed by atoms with E-state index in [4.69, 9.17) is 4.74 Å². The van der Waals surface area contributed by atoms with Crippen molar-refractivity contribution in [3.63, 3.8) is 0 Å². The normalized spacial score (nSPS) is 18.3. The highest BCUT2D eigenvalue weighted by molar-refractivity contribution is 5.77. The fourth-order valence-electron chi connectivity index (χ4n) is 2.96. The van der Waals surface area contributed by atoms with Crippen molar-refractivity contribution in [2.45, 2.75) is 25.7 Å². The Bertz CT molecular complexity index is 611. The van der Waals surface area contributed by atoms with Gasteiger partial charge in [0, 0.05) is 7.05 Å². The quantitative estimate of drug-likeness (QED) is 0.803. The highest BCUT2D eigenvalue weighted by Crippen LogP contribution is 2.23. The zero-order valence-electron chi connectivity index (χ0n) is 13.1. The predicted octanol–water partition coefficient (Wildman–Crippen LogP) is 2.83. The molecule has 0 bridgehead atoms. The van der Waals surface area contributed by atoms with E-state index in [0.717, 1.165) is 29.9 Å². The molecule has 0 amide bonds. The van der Waals surface area contributed by atoms with Crippen molar-refractivity contribution < 1.29 is 4.74 Å². The average molecular weight is 300 g/mol. The second-order valence-electron chi connectivity index (χ2n) is 5.82. The lowest BCUT2D eigenvalue weighted by Gasteiger charge is -2.22. The van der Waals surface area contributed by atoms with E-state index in [1.54, 1.807) is 0 Å². The van der Waals surface area contributed by atoms with Crippen LogP contribution in [0.2, 0.25) is 0 Å². The first kappa shape index (κ1) is 15.0. The molecule has 0 radical (unpaired) electrons. The number of hydrogen-bond donors (Lipinski definition) is 2. The summed E-state index contributed by atoms with van der Waals surface area (Å²) < 4.78 is 5.87. The standard InChI is InChI=1S/C17H24N4O/c1-18-16-17(21-15-9-3-2-8-14(15)20-16)22-11-5-7-13-6-4-10-19-12-13/h2-3,8-9,13,19H,4-7,10-12H2,1H3,(H,18,20)/t13-/m1/s1. The van der Waals surface area contributed by atoms with Crippen molar-refractivity contribution in [3.05, 3.63) is 24.3 Å². The maximum absolute atomic E-state index is 5.87. The van der Waals surface area contributed by atoms with Crippen LogP contribution in [0.25, 0.3) is 11.0 Å². The van der Waals surface area contributed by atoms with Gasteiger partial charge in [-0.3, -0.25) is 0 Å². The Balaban J connectivity index is 1.58. The fourth-order valence-corrected chi connectivity index (χ4v) is 2.96. The van der Waals surface area contributed by atoms with E-state index in [2.05, 4.69) is 20.6 Å². The molecule has 22 heavy (non-hydrogen) atoms. The van der Waals surface area contributed by atoms with Gasteiger partial charge in [0.25, 0.3) is 5.88 Å². The van der Waals surface area contributed by atoms with Gasteiger partial charge in [0.2, 0.25) is 0 Å². The summed E-state index contributed by atoms with van der Waals surface area (Å²) >= 11 is 0. The highest BCUT2D eigenvalue weighted by Gasteiger charge is 2.13. The monoisotopic (exact) mass is 300 g/mol. The fraction of sp³-hybridized carbons (Fsp3) is 0.529. The van der Waals surface area contributed by atoms with E-state index in [1.165, 1.54) is 25.8 Å². The minimum atomic E-state index is 0.600. The smallest absolute Gasteiger partial charge is 0.258 e. The van der Waals surface area contributed by atoms with Crippen LogP contribution in [0.5, 0.6) is 5.88 Å². The van der Waals surface area contributed by atoms with Gasteiger partial charge in [-0.1, -0.05) is 12.1 Å². The molecule has 2 N–H and O–H groups in total. The number of aromatic nitrogens is 2. The predicted molar refractivity (Wildman–Crippen MR) is 89.4 cm³/mol. The minimum absolute atomic E-state index is 0.600. The second-order valence-corrected chi connectivity index (χ2v) is 5.82. The number of rotatable bonds is 6. The molecule has 2 aromatic rings. The molecule has 2 heterocycles. The summed E-state index contributed by atoms with van der Waals surface area (Å²) in [5.41, 5.74) is 1.75. The van der Waals surface area contributed by atoms with Crippen LogP contribution in [0.1, 0.15) is 25.7 Å². The molecule has 0 saturated carbocycles. The van der Waals surface area contributed by atoms with Crippen LogP contribution < -0.4 is 15.4 Å². The van der Waals surface area contributed by atoms with Crippen LogP contribution >= 0.6 is 0 Å². The number of anilines is 1. The summed E-state index contributed by atoms with van der Waals surface area (Å²) in [7, 11) is 1.85. The van der Waals surface area contributed by atoms with Crippen molar-refractivity contribution >= 4 is 16.9 Å². The number of nitrogens with one attached hydrogen (secondary N) is 2. The van der Waals surface area contributed by atoms with E-state index in [9.17, 15) is 0 Å². The second kappa shape index (κ2) is 7.40. The van der Waals surface area contributed by atoms with Crippen LogP contribution in [0.15, 0.2) is 24.3 Å². The largest absolute Gasteiger partial charge is 0.475 e. The van der Waals surface area contributed by atoms with Crippen molar-refractivity contribution in [2.75, 3.05) is 32.1 Å². The molecule has 1 atom stereocenters. The molecule has 0 unspecified atom stereocenters. The number of para-hydroxylation sites is 2. The van der Waals surface area contributed by atoms with Crippen molar-refractivity contribution in [2.24, 2.45) is 5.92 Å². The van der Waals surface area contributed by atoms with E-state index >= 15 is 0 Å². The Labute approximate surface area is 131 Å². The van der Waals surface area contributed by atoms with Gasteiger partial charge in [-0.25, -0.2) is 9.97 Å². The molecule has 1 aliphatic rings. The Morgan fingerprint density at radius 1 is 1.27 bits per heavy atom. The molecule has 118 valence electrons. The van der Waals surface area contributed by atoms with E-state index < -0.39 is 0 Å². The molecule has 1 aromatic carbocycles. The lowest BCUT2D eigenvalue weighted by molar-refractivity contribution is 0.269. The first-order chi connectivity index (χ1) is 10.9. The molecule has 1 fully saturated rings. The van der Waals surface area contributed by atoms with Crippen molar-refractivity contribution in [3.8, 4) is 5.88 Å². The molecule has 5 nitrogen and oxygen atoms in total. The zero-order chi connectivity index (χ0) is 15.2. The van der Waals surface area contributed by atoms with Gasteiger partial charge >= 0.3 is 0 Å². The Kier molecular flexibility index (Phi) is 5.06. The SMILES string of the molecule is CNc1nc2ccccc2nc1OCCC[C@H]1CCCNC1. The summed E-state index contributed by atoms with van der Waals surface area (Å²) in [5, 5.41) is 6.53. The number of benzene rings is 1. The molecule has 0 spiro atoms. The summed E-state index contributed by atoms with van der Waals surface area (Å²) in [6.07, 6.45) is 4.91. The molecule has 1 aliphatic heterocycles. The first-order valence-corrected chi connectivity index (χ1v) is 8.15. The van der Waals surface area contributed by atoms with E-state index in [0.29, 0.717) is 18.3 Å². The third kappa shape index (κ3) is 3.65. The molecular weight excluding hydrogens is 276 g/mol. The molecule has 0 aliphatic carbocycles. The highest BCUT2D eigenvalue weighted by atomic mass is 16.5. The molecule has 1 saturated heterocycles. The van der Waals surface area contributed by atoms with Gasteiger partial charge in [0.1, 0.15) is 0 Å². The Morgan fingerprint density at radius 3 is 2.82 bits per heavy atom. The molecule has 1 aromatic heterocycles. The van der Waals surface area contributed by atoms with Crippen LogP contribution in [-0.2, 0) is 0 Å². The van der Waals surface area contributed by atoms with Crippen molar-refractivity contribution in [1.82, 2.24) is 15.3 Å². The lowest BCUT2D eigenvalue weighted by atomic mass is 9.95. The number of ether oxygens (including phenoxy) is 1. The van der Waals surface area contributed by atoms with Crippen LogP contribution in [0, 0.1) is 5.92 Å². The number of fused-ring (bicyclic) bond motifs is 1. The van der Waals surface area contributed by atoms with Gasteiger partial charge in [-0.15, -0.1) is 0 Å². The summed E-state index contributed by atoms with van der Waals surface area (Å²) in [6, 6.07) is 7.86. The summed E-state index contributed by atoms with van der Waals surface area (Å²) in [5.74, 6) is 2.10. The topological polar surface area (TPSA) is 59.1 Å². The molecular formula is C17H24N4O. The lowest BCUT2D eigenvalue weighted by Crippen LogP contribution is -2.29. The van der Waals surface area contributed by atoms with Gasteiger partial charge in [0.15, 0.2) is 5.82 Å². The molecule has 5 heteroatoms. The van der Waals surface area contributed by atoms with Gasteiger partial charge < -0.3 is 15.4 Å². The van der Waals surface area contributed by atoms with Gasteiger partial charge in [0.05, 0.1) is 17.6 Å². The van der Waals surface area contributed by atoms with Crippen LogP contribution in [0.4, 0.5) is 5.82 Å². The van der Waals surface area contributed by atoms with E-state index in [1.807, 2.05) is 31.3 Å². The maximum Gasteiger partial charge on any atom is 0.258 e. The third-order valence-corrected chi connectivity index (χ3v) is 4.17. The zero-order valence-corrected chi connectivity index (χ0v) is 13.1. The van der Waals surface area contributed by atoms with Crippen LogP contribution in [0.3, 0.4) is 0 Å². The Morgan fingerprint density at radius 2 is 2.09 bits per heavy atom. The maximum atomic E-state index is 5.87. The van der Waals surface area contributed by atoms with Crippen LogP contribution in [-0.4, -0.2) is 36.7 Å². The number of hydrogen-bond acceptors (Lipinski definition) is 5. The van der Waals surface area contributed by atoms with Gasteiger partial charge in [-0.05, 0) is 56.8 Å². The minimum Gasteiger partial charge on any atom is -0.475 e. The van der Waals surface area contributed by atoms with Crippen molar-refractivity contribution in [1.29, 1.82) is 0 Å². The number of nitrogens with zero attached hydrogens (tertiary/aromatic N) is 2. The number of piperidine rings is 1. The Hall–Kier alpha value is -1.88. The average Bonchev–Trinajstić information content (AvgIpc) is 2.59. The summed E-state index contributed by atoms with van der Waals surface area (Å²) in [6.45, 7) is 3.01. The van der Waals surface area contributed by atoms with Gasteiger partial charge in [-0.2, -0.15) is 0 Å². The summed E-state index contributed by atoms with van der Waals surface area (Å²) in [4.78, 5) is 9.12. The molecule has 3 rings (SSSR count). The third-order valence-electron chi connectivity index (χ3n) is 4.17. The first-order valence-electron chi connectivity index (χ1n) is 8.15. The van der Waals surface area contributed by atoms with E-state index in [-0.39, 0.29) is 0 Å².